The largest absolute Gasteiger partial charge is 0.255 e. The third kappa shape index (κ3) is 7.58. The van der Waals surface area contributed by atoms with Crippen LogP contribution < -0.4 is 0 Å². The highest BCUT2D eigenvalue weighted by atomic mass is 14.9. The van der Waals surface area contributed by atoms with Crippen LogP contribution in [0.5, 0.6) is 0 Å². The van der Waals surface area contributed by atoms with Crippen molar-refractivity contribution >= 4 is 0 Å². The lowest BCUT2D eigenvalue weighted by Gasteiger charge is -2.15. The highest BCUT2D eigenvalue weighted by Gasteiger charge is 2.18. The van der Waals surface area contributed by atoms with Gasteiger partial charge in [-0.15, -0.1) is 0 Å². The lowest BCUT2D eigenvalue weighted by Crippen LogP contribution is -1.99. The van der Waals surface area contributed by atoms with Crippen LogP contribution in [0.1, 0.15) is 0 Å². The number of hydrogen-bond acceptors (Lipinski definition) is 7. The minimum absolute atomic E-state index is 0.629. The van der Waals surface area contributed by atoms with Gasteiger partial charge in [-0.3, -0.25) is 4.98 Å². The Morgan fingerprint density at radius 2 is 0.617 bits per heavy atom. The van der Waals surface area contributed by atoms with Gasteiger partial charge in [0.05, 0.1) is 51.2 Å². The van der Waals surface area contributed by atoms with Crippen molar-refractivity contribution in [2.75, 3.05) is 0 Å². The van der Waals surface area contributed by atoms with Gasteiger partial charge in [-0.05, 0) is 59.7 Å². The molecule has 5 aromatic carbocycles. The average Bonchev–Trinajstić information content (AvgIpc) is 3.35. The molecule has 0 aliphatic heterocycles. The van der Waals surface area contributed by atoms with Crippen molar-refractivity contribution in [3.8, 4) is 102 Å². The zero-order chi connectivity index (χ0) is 40.1. The van der Waals surface area contributed by atoms with Crippen molar-refractivity contribution in [2.24, 2.45) is 0 Å². The lowest BCUT2D eigenvalue weighted by molar-refractivity contribution is 1.16. The molecular weight excluding hydrogens is 735 g/mol. The molecule has 0 radical (unpaired) electrons. The van der Waals surface area contributed by atoms with Crippen LogP contribution >= 0.6 is 0 Å². The highest BCUT2D eigenvalue weighted by Crippen LogP contribution is 2.37. The van der Waals surface area contributed by atoms with Crippen LogP contribution in [-0.4, -0.2) is 34.9 Å². The van der Waals surface area contributed by atoms with Gasteiger partial charge in [0.2, 0.25) is 0 Å². The second kappa shape index (κ2) is 16.3. The molecule has 60 heavy (non-hydrogen) atoms. The molecule has 282 valence electrons. The minimum Gasteiger partial charge on any atom is -0.255 e. The predicted molar refractivity (Wildman–Crippen MR) is 240 cm³/mol. The van der Waals surface area contributed by atoms with Crippen molar-refractivity contribution in [2.45, 2.75) is 0 Å². The summed E-state index contributed by atoms with van der Waals surface area (Å²) in [6.07, 6.45) is 1.79. The fourth-order valence-electron chi connectivity index (χ4n) is 7.25. The summed E-state index contributed by atoms with van der Waals surface area (Å²) in [7, 11) is 0. The van der Waals surface area contributed by atoms with Crippen LogP contribution in [0.2, 0.25) is 0 Å². The molecule has 0 unspecified atom stereocenters. The van der Waals surface area contributed by atoms with Gasteiger partial charge in [-0.1, -0.05) is 158 Å². The van der Waals surface area contributed by atoms with E-state index in [0.717, 1.165) is 67.4 Å². The summed E-state index contributed by atoms with van der Waals surface area (Å²) in [5, 5.41) is 0. The molecule has 0 fully saturated rings. The molecule has 0 bridgehead atoms. The molecule has 7 nitrogen and oxygen atoms in total. The Hall–Kier alpha value is -8.29. The Bertz CT molecular complexity index is 2950. The summed E-state index contributed by atoms with van der Waals surface area (Å²) in [4.78, 5) is 35.4. The van der Waals surface area contributed by atoms with Crippen molar-refractivity contribution in [3.63, 3.8) is 0 Å². The van der Waals surface area contributed by atoms with E-state index in [0.29, 0.717) is 34.4 Å². The maximum Gasteiger partial charge on any atom is 0.160 e. The van der Waals surface area contributed by atoms with E-state index in [1.54, 1.807) is 6.20 Å². The van der Waals surface area contributed by atoms with Crippen LogP contribution in [0, 0.1) is 0 Å². The fraction of sp³-hybridized carbons (Fsp3) is 0. The Kier molecular flexibility index (Phi) is 9.79. The Balaban J connectivity index is 1.13. The number of benzene rings is 5. The minimum atomic E-state index is 0.629. The number of hydrogen-bond donors (Lipinski definition) is 0. The highest BCUT2D eigenvalue weighted by molar-refractivity contribution is 5.87. The van der Waals surface area contributed by atoms with Gasteiger partial charge in [-0.2, -0.15) is 0 Å². The molecule has 5 heterocycles. The molecular formula is C53H35N7. The Morgan fingerprint density at radius 3 is 1.17 bits per heavy atom. The molecule has 10 aromatic rings. The van der Waals surface area contributed by atoms with Gasteiger partial charge in [-0.25, -0.2) is 29.9 Å². The first-order valence-electron chi connectivity index (χ1n) is 19.7. The Labute approximate surface area is 347 Å². The van der Waals surface area contributed by atoms with E-state index in [1.165, 1.54) is 0 Å². The molecule has 0 aliphatic rings. The summed E-state index contributed by atoms with van der Waals surface area (Å²) >= 11 is 0. The summed E-state index contributed by atoms with van der Waals surface area (Å²) < 4.78 is 0. The van der Waals surface area contributed by atoms with Crippen LogP contribution in [0.4, 0.5) is 0 Å². The van der Waals surface area contributed by atoms with Crippen molar-refractivity contribution in [3.05, 3.63) is 212 Å². The Morgan fingerprint density at radius 1 is 0.217 bits per heavy atom. The van der Waals surface area contributed by atoms with Gasteiger partial charge in [0.15, 0.2) is 11.6 Å². The molecule has 0 saturated heterocycles. The fourth-order valence-corrected chi connectivity index (χ4v) is 7.25. The van der Waals surface area contributed by atoms with Gasteiger partial charge >= 0.3 is 0 Å². The van der Waals surface area contributed by atoms with Gasteiger partial charge < -0.3 is 0 Å². The molecule has 10 rings (SSSR count). The lowest BCUT2D eigenvalue weighted by atomic mass is 9.95. The molecule has 0 N–H and O–H groups in total. The SMILES string of the molecule is c1ccc(-c2cc(-c3cccc(-c4cc(-c5ccccc5-c5cc(-c6ccccc6)nc(-c6ccccc6)n5)cc(-c5ccccn5)n4)n3)nc(-c3ccccc3)n2)cc1. The van der Waals surface area contributed by atoms with E-state index in [1.807, 2.05) is 146 Å². The van der Waals surface area contributed by atoms with E-state index < -0.39 is 0 Å². The number of rotatable bonds is 9. The first-order chi connectivity index (χ1) is 29.7. The molecule has 0 atom stereocenters. The standard InChI is InChI=1S/C53H35N7/c1-5-18-36(19-6-1)46-34-48(59-52(57-46)38-22-9-3-10-23-38)42-27-14-13-26-41(42)40-32-49(43-28-15-16-31-54-43)56-50(33-40)44-29-17-30-45(55-44)51-35-47(37-20-7-2-8-21-37)58-53(60-51)39-24-11-4-12-25-39/h1-35H. The van der Waals surface area contributed by atoms with Gasteiger partial charge in [0, 0.05) is 34.0 Å². The van der Waals surface area contributed by atoms with E-state index in [2.05, 4.69) is 60.7 Å². The third-order valence-corrected chi connectivity index (χ3v) is 10.2. The number of nitrogens with zero attached hydrogens (tertiary/aromatic N) is 7. The van der Waals surface area contributed by atoms with Gasteiger partial charge in [0.1, 0.15) is 0 Å². The smallest absolute Gasteiger partial charge is 0.160 e. The van der Waals surface area contributed by atoms with Crippen molar-refractivity contribution < 1.29 is 0 Å². The molecule has 0 amide bonds. The van der Waals surface area contributed by atoms with E-state index >= 15 is 0 Å². The zero-order valence-electron chi connectivity index (χ0n) is 32.3. The topological polar surface area (TPSA) is 90.2 Å². The molecule has 0 spiro atoms. The molecule has 0 saturated carbocycles. The predicted octanol–water partition coefficient (Wildman–Crippen LogP) is 12.5. The first kappa shape index (κ1) is 36.1. The maximum absolute atomic E-state index is 5.23. The summed E-state index contributed by atoms with van der Waals surface area (Å²) in [5.41, 5.74) is 13.5. The number of pyridine rings is 3. The quantitative estimate of drug-likeness (QED) is 0.144. The molecule has 0 aliphatic carbocycles. The third-order valence-electron chi connectivity index (χ3n) is 10.2. The van der Waals surface area contributed by atoms with Crippen LogP contribution in [0.15, 0.2) is 212 Å². The normalized spacial score (nSPS) is 11.0. The molecule has 7 heteroatoms. The maximum atomic E-state index is 5.23. The molecule has 5 aromatic heterocycles. The van der Waals surface area contributed by atoms with E-state index in [-0.39, 0.29) is 0 Å². The monoisotopic (exact) mass is 769 g/mol. The second-order valence-electron chi connectivity index (χ2n) is 14.2. The zero-order valence-corrected chi connectivity index (χ0v) is 32.3. The summed E-state index contributed by atoms with van der Waals surface area (Å²) in [6, 6.07) is 69.0. The summed E-state index contributed by atoms with van der Waals surface area (Å²) in [5.74, 6) is 1.28. The van der Waals surface area contributed by atoms with Crippen LogP contribution in [-0.2, 0) is 0 Å². The van der Waals surface area contributed by atoms with Crippen molar-refractivity contribution in [1.82, 2.24) is 34.9 Å². The second-order valence-corrected chi connectivity index (χ2v) is 14.2. The van der Waals surface area contributed by atoms with Crippen LogP contribution in [0.3, 0.4) is 0 Å². The summed E-state index contributed by atoms with van der Waals surface area (Å²) in [6.45, 7) is 0. The van der Waals surface area contributed by atoms with Crippen molar-refractivity contribution in [1.29, 1.82) is 0 Å². The van der Waals surface area contributed by atoms with Gasteiger partial charge in [0.25, 0.3) is 0 Å². The van der Waals surface area contributed by atoms with Crippen LogP contribution in [0.25, 0.3) is 102 Å². The van der Waals surface area contributed by atoms with E-state index in [4.69, 9.17) is 34.9 Å². The average molecular weight is 770 g/mol. The van der Waals surface area contributed by atoms with E-state index in [9.17, 15) is 0 Å². The first-order valence-corrected chi connectivity index (χ1v) is 19.7. The number of aromatic nitrogens is 7.